The quantitative estimate of drug-likeness (QED) is 0.400. The topological polar surface area (TPSA) is 42.4 Å². The van der Waals surface area contributed by atoms with Crippen LogP contribution in [-0.2, 0) is 11.2 Å². The van der Waals surface area contributed by atoms with Gasteiger partial charge in [-0.2, -0.15) is 0 Å². The first kappa shape index (κ1) is 19.8. The van der Waals surface area contributed by atoms with E-state index in [1.165, 1.54) is 10.3 Å². The molecule has 2 heterocycles. The summed E-state index contributed by atoms with van der Waals surface area (Å²) < 4.78 is 7.19. The van der Waals surface area contributed by atoms with Crippen LogP contribution in [0.2, 0.25) is 0 Å². The molecule has 1 fully saturated rings. The smallest absolute Gasteiger partial charge is 0.261 e. The molecule has 0 N–H and O–H groups in total. The van der Waals surface area contributed by atoms with Crippen molar-refractivity contribution in [2.24, 2.45) is 0 Å². The fourth-order valence-electron chi connectivity index (χ4n) is 4.18. The summed E-state index contributed by atoms with van der Waals surface area (Å²) in [6.07, 6.45) is 2.73. The summed E-state index contributed by atoms with van der Waals surface area (Å²) in [5.41, 5.74) is 3.32. The Labute approximate surface area is 186 Å². The van der Waals surface area contributed by atoms with E-state index in [0.29, 0.717) is 0 Å². The molecule has 156 valence electrons. The highest BCUT2D eigenvalue weighted by molar-refractivity contribution is 7.18. The number of aromatic nitrogens is 1. The number of hydrogen-bond donors (Lipinski definition) is 0. The predicted octanol–water partition coefficient (Wildman–Crippen LogP) is 5.63. The Morgan fingerprint density at radius 2 is 1.77 bits per heavy atom. The standard InChI is InChI=1S/C26H24N2O2S/c29-25(18-30-23-14-6-4-11-20(23)17-19-9-2-1-3-10-19)28-16-8-13-22(28)26-27-21-12-5-7-15-24(21)31-26/h1-7,9-12,14-15,22H,8,13,16-18H2. The number of carbonyl (C=O) groups excluding carboxylic acids is 1. The number of para-hydroxylation sites is 2. The number of ether oxygens (including phenoxy) is 1. The van der Waals surface area contributed by atoms with Crippen LogP contribution >= 0.6 is 11.3 Å². The van der Waals surface area contributed by atoms with Crippen molar-refractivity contribution in [3.05, 3.63) is 95.0 Å². The molecule has 5 heteroatoms. The molecule has 3 aromatic carbocycles. The fraction of sp³-hybridized carbons (Fsp3) is 0.231. The van der Waals surface area contributed by atoms with Gasteiger partial charge >= 0.3 is 0 Å². The van der Waals surface area contributed by atoms with E-state index in [4.69, 9.17) is 9.72 Å². The number of nitrogens with zero attached hydrogens (tertiary/aromatic N) is 2. The SMILES string of the molecule is O=C(COc1ccccc1Cc1ccccc1)N1CCCC1c1nc2ccccc2s1. The van der Waals surface area contributed by atoms with Crippen LogP contribution in [0.5, 0.6) is 5.75 Å². The molecule has 4 aromatic rings. The Balaban J connectivity index is 1.28. The van der Waals surface area contributed by atoms with Gasteiger partial charge in [-0.1, -0.05) is 60.7 Å². The molecule has 0 radical (unpaired) electrons. The average molecular weight is 429 g/mol. The predicted molar refractivity (Wildman–Crippen MR) is 124 cm³/mol. The van der Waals surface area contributed by atoms with Gasteiger partial charge in [-0.3, -0.25) is 4.79 Å². The third kappa shape index (κ3) is 4.32. The average Bonchev–Trinajstić information content (AvgIpc) is 3.46. The second kappa shape index (κ2) is 8.90. The van der Waals surface area contributed by atoms with Crippen LogP contribution in [0.15, 0.2) is 78.9 Å². The van der Waals surface area contributed by atoms with E-state index in [9.17, 15) is 4.79 Å². The Bertz CT molecular complexity index is 1160. The van der Waals surface area contributed by atoms with E-state index in [2.05, 4.69) is 24.3 Å². The Kier molecular flexibility index (Phi) is 5.67. The number of benzene rings is 3. The molecule has 31 heavy (non-hydrogen) atoms. The van der Waals surface area contributed by atoms with Gasteiger partial charge in [0.25, 0.3) is 5.91 Å². The van der Waals surface area contributed by atoms with Crippen LogP contribution in [0.25, 0.3) is 10.2 Å². The molecule has 1 aliphatic heterocycles. The van der Waals surface area contributed by atoms with Crippen molar-refractivity contribution in [2.75, 3.05) is 13.2 Å². The lowest BCUT2D eigenvalue weighted by Crippen LogP contribution is -2.34. The van der Waals surface area contributed by atoms with E-state index in [0.717, 1.165) is 47.6 Å². The van der Waals surface area contributed by atoms with Crippen LogP contribution in [0.4, 0.5) is 0 Å². The van der Waals surface area contributed by atoms with Crippen LogP contribution in [0.1, 0.15) is 35.0 Å². The van der Waals surface area contributed by atoms with Gasteiger partial charge < -0.3 is 9.64 Å². The third-order valence-electron chi connectivity index (χ3n) is 5.73. The highest BCUT2D eigenvalue weighted by atomic mass is 32.1. The zero-order valence-corrected chi connectivity index (χ0v) is 18.1. The van der Waals surface area contributed by atoms with Crippen molar-refractivity contribution >= 4 is 27.5 Å². The van der Waals surface area contributed by atoms with Crippen molar-refractivity contribution in [3.63, 3.8) is 0 Å². The molecule has 0 spiro atoms. The van der Waals surface area contributed by atoms with Crippen LogP contribution in [-0.4, -0.2) is 28.9 Å². The number of likely N-dealkylation sites (tertiary alicyclic amines) is 1. The molecular formula is C26H24N2O2S. The Morgan fingerprint density at radius 3 is 2.65 bits per heavy atom. The molecule has 0 saturated carbocycles. The third-order valence-corrected chi connectivity index (χ3v) is 6.87. The minimum absolute atomic E-state index is 0.0243. The van der Waals surface area contributed by atoms with Crippen LogP contribution in [0, 0.1) is 0 Å². The van der Waals surface area contributed by atoms with Gasteiger partial charge in [-0.05, 0) is 42.2 Å². The molecule has 5 rings (SSSR count). The molecule has 0 aliphatic carbocycles. The number of amides is 1. The highest BCUT2D eigenvalue weighted by Gasteiger charge is 2.32. The summed E-state index contributed by atoms with van der Waals surface area (Å²) in [6, 6.07) is 26.5. The lowest BCUT2D eigenvalue weighted by molar-refractivity contribution is -0.134. The van der Waals surface area contributed by atoms with Gasteiger partial charge in [0, 0.05) is 13.0 Å². The van der Waals surface area contributed by atoms with E-state index in [1.807, 2.05) is 59.5 Å². The Morgan fingerprint density at radius 1 is 1.00 bits per heavy atom. The molecule has 1 aliphatic rings. The summed E-state index contributed by atoms with van der Waals surface area (Å²) in [4.78, 5) is 19.8. The highest BCUT2D eigenvalue weighted by Crippen LogP contribution is 2.36. The van der Waals surface area contributed by atoms with Gasteiger partial charge in [0.15, 0.2) is 6.61 Å². The van der Waals surface area contributed by atoms with Gasteiger partial charge in [-0.25, -0.2) is 4.98 Å². The number of fused-ring (bicyclic) bond motifs is 1. The molecule has 1 saturated heterocycles. The molecule has 4 nitrogen and oxygen atoms in total. The summed E-state index contributed by atoms with van der Waals surface area (Å²) in [5.74, 6) is 0.798. The maximum atomic E-state index is 13.1. The number of thiazole rings is 1. The van der Waals surface area contributed by atoms with Crippen molar-refractivity contribution in [1.82, 2.24) is 9.88 Å². The van der Waals surface area contributed by atoms with Crippen LogP contribution < -0.4 is 4.74 Å². The molecule has 1 amide bonds. The minimum atomic E-state index is 0.0243. The van der Waals surface area contributed by atoms with E-state index < -0.39 is 0 Å². The largest absolute Gasteiger partial charge is 0.483 e. The van der Waals surface area contributed by atoms with Gasteiger partial charge in [0.2, 0.25) is 0 Å². The van der Waals surface area contributed by atoms with Gasteiger partial charge in [-0.15, -0.1) is 11.3 Å². The first-order valence-electron chi connectivity index (χ1n) is 10.7. The first-order chi connectivity index (χ1) is 15.3. The monoisotopic (exact) mass is 428 g/mol. The van der Waals surface area contributed by atoms with Crippen molar-refractivity contribution in [3.8, 4) is 5.75 Å². The van der Waals surface area contributed by atoms with Crippen molar-refractivity contribution in [2.45, 2.75) is 25.3 Å². The maximum absolute atomic E-state index is 13.1. The molecule has 1 aromatic heterocycles. The second-order valence-electron chi connectivity index (χ2n) is 7.82. The number of rotatable bonds is 6. The normalized spacial score (nSPS) is 16.0. The maximum Gasteiger partial charge on any atom is 0.261 e. The minimum Gasteiger partial charge on any atom is -0.483 e. The summed E-state index contributed by atoms with van der Waals surface area (Å²) in [6.45, 7) is 0.807. The van der Waals surface area contributed by atoms with E-state index >= 15 is 0 Å². The summed E-state index contributed by atoms with van der Waals surface area (Å²) in [7, 11) is 0. The van der Waals surface area contributed by atoms with Gasteiger partial charge in [0.1, 0.15) is 10.8 Å². The van der Waals surface area contributed by atoms with Crippen molar-refractivity contribution in [1.29, 1.82) is 0 Å². The summed E-state index contributed by atoms with van der Waals surface area (Å²) in [5, 5.41) is 1.02. The molecule has 0 bridgehead atoms. The first-order valence-corrected chi connectivity index (χ1v) is 11.5. The zero-order valence-electron chi connectivity index (χ0n) is 17.2. The lowest BCUT2D eigenvalue weighted by atomic mass is 10.0. The van der Waals surface area contributed by atoms with E-state index in [1.54, 1.807) is 11.3 Å². The fourth-order valence-corrected chi connectivity index (χ4v) is 5.30. The molecule has 1 atom stereocenters. The number of carbonyl (C=O) groups is 1. The molecular weight excluding hydrogens is 404 g/mol. The second-order valence-corrected chi connectivity index (χ2v) is 8.89. The van der Waals surface area contributed by atoms with Crippen molar-refractivity contribution < 1.29 is 9.53 Å². The Hall–Kier alpha value is -3.18. The number of hydrogen-bond acceptors (Lipinski definition) is 4. The van der Waals surface area contributed by atoms with Gasteiger partial charge in [0.05, 0.1) is 16.3 Å². The molecule has 1 unspecified atom stereocenters. The van der Waals surface area contributed by atoms with E-state index in [-0.39, 0.29) is 18.6 Å². The summed E-state index contributed by atoms with van der Waals surface area (Å²) >= 11 is 1.69. The van der Waals surface area contributed by atoms with Crippen LogP contribution in [0.3, 0.4) is 0 Å². The lowest BCUT2D eigenvalue weighted by Gasteiger charge is -2.23. The zero-order chi connectivity index (χ0) is 21.0.